The zero-order valence-corrected chi connectivity index (χ0v) is 17.7. The Morgan fingerprint density at radius 2 is 1.53 bits per heavy atom. The van der Waals surface area contributed by atoms with Gasteiger partial charge in [0.2, 0.25) is 0 Å². The monoisotopic (exact) mass is 421 g/mol. The van der Waals surface area contributed by atoms with E-state index in [1.165, 1.54) is 0 Å². The number of para-hydroxylation sites is 1. The number of nitrogens with zero attached hydrogens (tertiary/aromatic N) is 2. The van der Waals surface area contributed by atoms with Gasteiger partial charge in [-0.15, -0.1) is 0 Å². The molecule has 0 radical (unpaired) electrons. The molecule has 0 unspecified atom stereocenters. The largest absolute Gasteiger partial charge is 0.488 e. The molecule has 1 N–H and O–H groups in total. The standard InChI is InChI=1S/C27H23N3O2/c1-20(22-15-17-28-18-16-22)29-30-27(31)24-13-11-21(12-14-24)19-32-26-10-6-5-9-25(26)23-7-3-2-4-8-23/h2-18H,19H2,1H3,(H,30,31). The van der Waals surface area contributed by atoms with Crippen LogP contribution in [0.5, 0.6) is 5.75 Å². The number of pyridine rings is 1. The van der Waals surface area contributed by atoms with E-state index in [-0.39, 0.29) is 5.91 Å². The predicted molar refractivity (Wildman–Crippen MR) is 127 cm³/mol. The normalized spacial score (nSPS) is 11.1. The highest BCUT2D eigenvalue weighted by molar-refractivity contribution is 6.00. The van der Waals surface area contributed by atoms with Gasteiger partial charge >= 0.3 is 0 Å². The van der Waals surface area contributed by atoms with Gasteiger partial charge in [-0.25, -0.2) is 5.43 Å². The van der Waals surface area contributed by atoms with Crippen molar-refractivity contribution in [1.29, 1.82) is 0 Å². The van der Waals surface area contributed by atoms with E-state index in [1.807, 2.05) is 73.7 Å². The lowest BCUT2D eigenvalue weighted by Crippen LogP contribution is -2.19. The summed E-state index contributed by atoms with van der Waals surface area (Å²) in [5.74, 6) is 0.557. The van der Waals surface area contributed by atoms with Gasteiger partial charge in [0.25, 0.3) is 5.91 Å². The average molecular weight is 422 g/mol. The highest BCUT2D eigenvalue weighted by atomic mass is 16.5. The fourth-order valence-corrected chi connectivity index (χ4v) is 3.22. The van der Waals surface area contributed by atoms with Crippen LogP contribution in [0.1, 0.15) is 28.4 Å². The van der Waals surface area contributed by atoms with Gasteiger partial charge in [0.15, 0.2) is 0 Å². The molecule has 0 spiro atoms. The number of hydrazone groups is 1. The van der Waals surface area contributed by atoms with Crippen LogP contribution in [0.4, 0.5) is 0 Å². The van der Waals surface area contributed by atoms with Gasteiger partial charge in [-0.2, -0.15) is 5.10 Å². The van der Waals surface area contributed by atoms with Crippen molar-refractivity contribution in [3.05, 3.63) is 120 Å². The summed E-state index contributed by atoms with van der Waals surface area (Å²) in [6.45, 7) is 2.24. The van der Waals surface area contributed by atoms with Crippen LogP contribution in [0.15, 0.2) is 108 Å². The molecule has 0 aliphatic heterocycles. The van der Waals surface area contributed by atoms with Crippen molar-refractivity contribution < 1.29 is 9.53 Å². The molecule has 4 rings (SSSR count). The molecule has 1 amide bonds. The second-order valence-electron chi connectivity index (χ2n) is 7.22. The summed E-state index contributed by atoms with van der Waals surface area (Å²) in [4.78, 5) is 16.4. The van der Waals surface area contributed by atoms with E-state index in [9.17, 15) is 4.79 Å². The van der Waals surface area contributed by atoms with Crippen LogP contribution < -0.4 is 10.2 Å². The summed E-state index contributed by atoms with van der Waals surface area (Å²) in [7, 11) is 0. The molecule has 5 heteroatoms. The summed E-state index contributed by atoms with van der Waals surface area (Å²) in [5, 5.41) is 4.17. The van der Waals surface area contributed by atoms with Crippen LogP contribution in [0.2, 0.25) is 0 Å². The Bertz CT molecular complexity index is 1200. The minimum absolute atomic E-state index is 0.264. The van der Waals surface area contributed by atoms with Crippen LogP contribution in [-0.2, 0) is 6.61 Å². The van der Waals surface area contributed by atoms with Crippen LogP contribution in [0.25, 0.3) is 11.1 Å². The third kappa shape index (κ3) is 5.26. The molecule has 0 saturated carbocycles. The van der Waals surface area contributed by atoms with E-state index in [1.54, 1.807) is 24.5 Å². The third-order valence-corrected chi connectivity index (χ3v) is 5.01. The van der Waals surface area contributed by atoms with Crippen molar-refractivity contribution in [3.63, 3.8) is 0 Å². The molecule has 1 heterocycles. The zero-order valence-electron chi connectivity index (χ0n) is 17.7. The summed E-state index contributed by atoms with van der Waals surface area (Å²) in [5.41, 5.74) is 7.88. The second kappa shape index (κ2) is 10.2. The van der Waals surface area contributed by atoms with Crippen LogP contribution >= 0.6 is 0 Å². The molecule has 32 heavy (non-hydrogen) atoms. The first kappa shape index (κ1) is 21.0. The van der Waals surface area contributed by atoms with Gasteiger partial charge in [-0.3, -0.25) is 9.78 Å². The van der Waals surface area contributed by atoms with E-state index in [0.29, 0.717) is 17.9 Å². The van der Waals surface area contributed by atoms with Crippen molar-refractivity contribution in [3.8, 4) is 16.9 Å². The minimum Gasteiger partial charge on any atom is -0.488 e. The molecular formula is C27H23N3O2. The molecule has 1 aromatic heterocycles. The van der Waals surface area contributed by atoms with Crippen LogP contribution in [0, 0.1) is 0 Å². The molecule has 0 bridgehead atoms. The van der Waals surface area contributed by atoms with Crippen molar-refractivity contribution >= 4 is 11.6 Å². The number of carbonyl (C=O) groups excluding carboxylic acids is 1. The van der Waals surface area contributed by atoms with Crippen molar-refractivity contribution in [1.82, 2.24) is 10.4 Å². The topological polar surface area (TPSA) is 63.6 Å². The number of ether oxygens (including phenoxy) is 1. The first-order valence-electron chi connectivity index (χ1n) is 10.3. The summed E-state index contributed by atoms with van der Waals surface area (Å²) < 4.78 is 6.08. The average Bonchev–Trinajstić information content (AvgIpc) is 2.87. The summed E-state index contributed by atoms with van der Waals surface area (Å²) in [6.07, 6.45) is 3.38. The molecule has 4 aromatic rings. The lowest BCUT2D eigenvalue weighted by Gasteiger charge is -2.12. The molecule has 0 saturated heterocycles. The second-order valence-corrected chi connectivity index (χ2v) is 7.22. The lowest BCUT2D eigenvalue weighted by atomic mass is 10.0. The number of amides is 1. The van der Waals surface area contributed by atoms with Gasteiger partial charge < -0.3 is 4.74 Å². The molecule has 0 aliphatic carbocycles. The number of aromatic nitrogens is 1. The van der Waals surface area contributed by atoms with Crippen molar-refractivity contribution in [2.45, 2.75) is 13.5 Å². The van der Waals surface area contributed by atoms with Gasteiger partial charge in [-0.1, -0.05) is 60.7 Å². The summed E-state index contributed by atoms with van der Waals surface area (Å²) >= 11 is 0. The minimum atomic E-state index is -0.264. The van der Waals surface area contributed by atoms with E-state index in [2.05, 4.69) is 27.6 Å². The molecule has 5 nitrogen and oxygen atoms in total. The Morgan fingerprint density at radius 1 is 0.844 bits per heavy atom. The number of hydrogen-bond acceptors (Lipinski definition) is 4. The molecule has 0 atom stereocenters. The van der Waals surface area contributed by atoms with Crippen LogP contribution in [0.3, 0.4) is 0 Å². The van der Waals surface area contributed by atoms with E-state index in [0.717, 1.165) is 28.0 Å². The van der Waals surface area contributed by atoms with Crippen LogP contribution in [-0.4, -0.2) is 16.6 Å². The number of nitrogens with one attached hydrogen (secondary N) is 1. The van der Waals surface area contributed by atoms with E-state index >= 15 is 0 Å². The SMILES string of the molecule is CC(=NNC(=O)c1ccc(COc2ccccc2-c2ccccc2)cc1)c1ccncc1. The maximum absolute atomic E-state index is 12.4. The number of hydrogen-bond donors (Lipinski definition) is 1. The fourth-order valence-electron chi connectivity index (χ4n) is 3.22. The smallest absolute Gasteiger partial charge is 0.271 e. The van der Waals surface area contributed by atoms with Crippen molar-refractivity contribution in [2.75, 3.05) is 0 Å². The van der Waals surface area contributed by atoms with Crippen molar-refractivity contribution in [2.24, 2.45) is 5.10 Å². The highest BCUT2D eigenvalue weighted by Crippen LogP contribution is 2.30. The summed E-state index contributed by atoms with van der Waals surface area (Å²) in [6, 6.07) is 29.1. The number of benzene rings is 3. The van der Waals surface area contributed by atoms with Gasteiger partial charge in [0.1, 0.15) is 12.4 Å². The van der Waals surface area contributed by atoms with E-state index < -0.39 is 0 Å². The quantitative estimate of drug-likeness (QED) is 0.317. The maximum Gasteiger partial charge on any atom is 0.271 e. The first-order valence-corrected chi connectivity index (χ1v) is 10.3. The Morgan fingerprint density at radius 3 is 2.28 bits per heavy atom. The van der Waals surface area contributed by atoms with Gasteiger partial charge in [0, 0.05) is 29.1 Å². The Kier molecular flexibility index (Phi) is 6.68. The molecular weight excluding hydrogens is 398 g/mol. The van der Waals surface area contributed by atoms with Gasteiger partial charge in [0.05, 0.1) is 5.71 Å². The number of rotatable bonds is 7. The van der Waals surface area contributed by atoms with Gasteiger partial charge in [-0.05, 0) is 48.4 Å². The first-order chi connectivity index (χ1) is 15.7. The maximum atomic E-state index is 12.4. The molecule has 3 aromatic carbocycles. The van der Waals surface area contributed by atoms with E-state index in [4.69, 9.17) is 4.74 Å². The Balaban J connectivity index is 1.38. The number of carbonyl (C=O) groups is 1. The highest BCUT2D eigenvalue weighted by Gasteiger charge is 2.08. The molecule has 0 aliphatic rings. The molecule has 158 valence electrons. The fraction of sp³-hybridized carbons (Fsp3) is 0.0741. The molecule has 0 fully saturated rings. The Hall–Kier alpha value is -4.25. The predicted octanol–water partition coefficient (Wildman–Crippen LogP) is 5.48. The third-order valence-electron chi connectivity index (χ3n) is 5.01. The zero-order chi connectivity index (χ0) is 22.2. The Labute approximate surface area is 187 Å². The lowest BCUT2D eigenvalue weighted by molar-refractivity contribution is 0.0955.